The summed E-state index contributed by atoms with van der Waals surface area (Å²) in [4.78, 5) is 56.3. The lowest BCUT2D eigenvalue weighted by molar-refractivity contribution is -0.135. The van der Waals surface area contributed by atoms with Crippen molar-refractivity contribution < 1.29 is 19.1 Å². The molecule has 2 aromatic carbocycles. The molecule has 6 rings (SSSR count). The van der Waals surface area contributed by atoms with E-state index in [1.807, 2.05) is 45.0 Å². The Kier molecular flexibility index (Phi) is 10.2. The van der Waals surface area contributed by atoms with E-state index in [1.54, 1.807) is 0 Å². The third kappa shape index (κ3) is 7.40. The van der Waals surface area contributed by atoms with Crippen LogP contribution in [0.3, 0.4) is 0 Å². The van der Waals surface area contributed by atoms with E-state index < -0.39 is 12.1 Å². The van der Waals surface area contributed by atoms with Crippen molar-refractivity contribution in [1.82, 2.24) is 35.5 Å². The van der Waals surface area contributed by atoms with Crippen molar-refractivity contribution in [2.45, 2.75) is 83.8 Å². The van der Waals surface area contributed by atoms with E-state index in [1.165, 1.54) is 7.11 Å². The number of alkyl carbamates (subject to hydrolysis) is 1. The van der Waals surface area contributed by atoms with Crippen LogP contribution in [0.25, 0.3) is 33.6 Å². The molecule has 1 aliphatic heterocycles. The largest absolute Gasteiger partial charge is 0.453 e. The lowest BCUT2D eigenvalue weighted by Crippen LogP contribution is -2.51. The number of aromatic nitrogens is 4. The Hall–Kier alpha value is -4.93. The molecule has 11 nitrogen and oxygen atoms in total. The zero-order chi connectivity index (χ0) is 34.7. The number of imidazole rings is 2. The molecule has 1 aliphatic carbocycles. The first-order valence-electron chi connectivity index (χ1n) is 17.4. The molecule has 4 atom stereocenters. The van der Waals surface area contributed by atoms with Gasteiger partial charge in [0, 0.05) is 24.4 Å². The molecule has 0 unspecified atom stereocenters. The molecule has 4 aromatic rings. The zero-order valence-electron chi connectivity index (χ0n) is 29.0. The van der Waals surface area contributed by atoms with Gasteiger partial charge in [-0.05, 0) is 67.7 Å². The molecule has 258 valence electrons. The summed E-state index contributed by atoms with van der Waals surface area (Å²) in [6.07, 6.45) is 7.62. The number of hydrogen-bond acceptors (Lipinski definition) is 6. The predicted octanol–water partition coefficient (Wildman–Crippen LogP) is 6.59. The minimum absolute atomic E-state index is 0.0407. The number of hydrogen-bond donors (Lipinski definition) is 4. The maximum absolute atomic E-state index is 13.5. The van der Waals surface area contributed by atoms with Crippen LogP contribution < -0.4 is 10.6 Å². The second-order valence-electron chi connectivity index (χ2n) is 13.9. The van der Waals surface area contributed by atoms with Gasteiger partial charge < -0.3 is 30.2 Å². The second kappa shape index (κ2) is 14.7. The SMILES string of the molecule is COC(=O)N[C@H](C(=O)N1CCC[C@H]1c1ncc(-c2ccc(-c3ccc(-c4cnc([C@H]5CCC[C@H]5C(=O)NC(C)C)[nH]4)cc3)cc2)[nH]1)C(C)C. The number of nitrogens with zero attached hydrogens (tertiary/aromatic N) is 3. The number of rotatable bonds is 10. The van der Waals surface area contributed by atoms with Gasteiger partial charge in [-0.2, -0.15) is 0 Å². The number of nitrogens with one attached hydrogen (secondary N) is 4. The molecule has 3 heterocycles. The highest BCUT2D eigenvalue weighted by molar-refractivity contribution is 5.86. The summed E-state index contributed by atoms with van der Waals surface area (Å²) >= 11 is 0. The number of ether oxygens (including phenoxy) is 1. The van der Waals surface area contributed by atoms with E-state index in [0.717, 1.165) is 77.4 Å². The Morgan fingerprint density at radius 1 is 0.776 bits per heavy atom. The Balaban J connectivity index is 1.11. The molecular weight excluding hydrogens is 618 g/mol. The van der Waals surface area contributed by atoms with Crippen molar-refractivity contribution >= 4 is 17.9 Å². The van der Waals surface area contributed by atoms with Crippen LogP contribution in [-0.2, 0) is 14.3 Å². The number of H-pyrrole nitrogens is 2. The van der Waals surface area contributed by atoms with Crippen LogP contribution in [0.1, 0.15) is 83.4 Å². The monoisotopic (exact) mass is 665 g/mol. The van der Waals surface area contributed by atoms with E-state index in [0.29, 0.717) is 6.54 Å². The Morgan fingerprint density at radius 3 is 1.92 bits per heavy atom. The standard InChI is InChI=1S/C38H47N7O4/c1-22(2)33(44-38(48)49-5)37(47)45-19-7-10-32(45)35-40-21-31(43-35)27-17-13-25(14-18-27)24-11-15-26(16-12-24)30-20-39-34(42-30)28-8-6-9-29(28)36(46)41-23(3)4/h11-18,20-23,28-29,32-33H,6-10,19H2,1-5H3,(H,39,42)(H,40,43)(H,41,46)(H,44,48)/t28-,29+,32-,33-/m0/s1. The van der Waals surface area contributed by atoms with Crippen molar-refractivity contribution in [1.29, 1.82) is 0 Å². The first-order valence-corrected chi connectivity index (χ1v) is 17.4. The highest BCUT2D eigenvalue weighted by atomic mass is 16.5. The minimum Gasteiger partial charge on any atom is -0.453 e. The summed E-state index contributed by atoms with van der Waals surface area (Å²) in [6, 6.07) is 16.0. The number of carbonyl (C=O) groups excluding carboxylic acids is 3. The van der Waals surface area contributed by atoms with Crippen LogP contribution in [0, 0.1) is 11.8 Å². The number of aromatic amines is 2. The lowest BCUT2D eigenvalue weighted by Gasteiger charge is -2.30. The normalized spacial score (nSPS) is 19.7. The fourth-order valence-corrected chi connectivity index (χ4v) is 7.19. The van der Waals surface area contributed by atoms with Crippen molar-refractivity contribution in [3.05, 3.63) is 72.6 Å². The lowest BCUT2D eigenvalue weighted by atomic mass is 9.94. The molecule has 2 fully saturated rings. The maximum atomic E-state index is 13.5. The van der Waals surface area contributed by atoms with Crippen LogP contribution in [0.2, 0.25) is 0 Å². The minimum atomic E-state index is -0.671. The molecule has 0 bridgehead atoms. The first-order chi connectivity index (χ1) is 23.6. The van der Waals surface area contributed by atoms with Gasteiger partial charge in [0.2, 0.25) is 11.8 Å². The van der Waals surface area contributed by atoms with E-state index in [9.17, 15) is 14.4 Å². The highest BCUT2D eigenvalue weighted by Gasteiger charge is 2.38. The zero-order valence-corrected chi connectivity index (χ0v) is 29.0. The summed E-state index contributed by atoms with van der Waals surface area (Å²) in [7, 11) is 1.30. The molecule has 2 aliphatic rings. The number of carbonyl (C=O) groups is 3. The second-order valence-corrected chi connectivity index (χ2v) is 13.9. The molecule has 11 heteroatoms. The number of benzene rings is 2. The van der Waals surface area contributed by atoms with Gasteiger partial charge in [-0.15, -0.1) is 0 Å². The molecule has 49 heavy (non-hydrogen) atoms. The Morgan fingerprint density at radius 2 is 1.35 bits per heavy atom. The fraction of sp³-hybridized carbons (Fsp3) is 0.447. The van der Waals surface area contributed by atoms with E-state index >= 15 is 0 Å². The van der Waals surface area contributed by atoms with Gasteiger partial charge in [0.1, 0.15) is 17.7 Å². The molecule has 1 saturated carbocycles. The summed E-state index contributed by atoms with van der Waals surface area (Å²) in [5.74, 6) is 1.61. The molecule has 4 N–H and O–H groups in total. The maximum Gasteiger partial charge on any atom is 0.407 e. The van der Waals surface area contributed by atoms with E-state index in [2.05, 4.69) is 74.1 Å². The van der Waals surface area contributed by atoms with Gasteiger partial charge in [0.05, 0.1) is 36.9 Å². The molecule has 0 spiro atoms. The smallest absolute Gasteiger partial charge is 0.407 e. The topological polar surface area (TPSA) is 145 Å². The van der Waals surface area contributed by atoms with Crippen LogP contribution in [0.15, 0.2) is 60.9 Å². The summed E-state index contributed by atoms with van der Waals surface area (Å²) < 4.78 is 4.75. The fourth-order valence-electron chi connectivity index (χ4n) is 7.19. The van der Waals surface area contributed by atoms with Crippen LogP contribution >= 0.6 is 0 Å². The van der Waals surface area contributed by atoms with Crippen molar-refractivity contribution in [2.75, 3.05) is 13.7 Å². The van der Waals surface area contributed by atoms with Crippen molar-refractivity contribution in [2.24, 2.45) is 11.8 Å². The first kappa shape index (κ1) is 34.0. The van der Waals surface area contributed by atoms with Gasteiger partial charge in [0.15, 0.2) is 0 Å². The predicted molar refractivity (Wildman–Crippen MR) is 188 cm³/mol. The van der Waals surface area contributed by atoms with E-state index in [4.69, 9.17) is 9.72 Å². The Bertz CT molecular complexity index is 1760. The van der Waals surface area contributed by atoms with Crippen LogP contribution in [0.5, 0.6) is 0 Å². The van der Waals surface area contributed by atoms with Crippen molar-refractivity contribution in [3.63, 3.8) is 0 Å². The third-order valence-corrected chi connectivity index (χ3v) is 9.79. The van der Waals surface area contributed by atoms with Gasteiger partial charge in [-0.25, -0.2) is 14.8 Å². The number of likely N-dealkylation sites (tertiary alicyclic amines) is 1. The molecule has 0 radical (unpaired) electrons. The Labute approximate surface area is 287 Å². The summed E-state index contributed by atoms with van der Waals surface area (Å²) in [6.45, 7) is 8.41. The van der Waals surface area contributed by atoms with Gasteiger partial charge in [-0.1, -0.05) is 68.8 Å². The average Bonchev–Trinajstić information content (AvgIpc) is 3.93. The summed E-state index contributed by atoms with van der Waals surface area (Å²) in [5, 5.41) is 5.77. The molecule has 3 amide bonds. The van der Waals surface area contributed by atoms with Gasteiger partial charge in [0.25, 0.3) is 0 Å². The van der Waals surface area contributed by atoms with E-state index in [-0.39, 0.29) is 41.7 Å². The molecule has 2 aromatic heterocycles. The van der Waals surface area contributed by atoms with Crippen LogP contribution in [0.4, 0.5) is 4.79 Å². The molecule has 1 saturated heterocycles. The highest BCUT2D eigenvalue weighted by Crippen LogP contribution is 2.39. The quantitative estimate of drug-likeness (QED) is 0.151. The molecular formula is C38H47N7O4. The third-order valence-electron chi connectivity index (χ3n) is 9.79. The summed E-state index contributed by atoms with van der Waals surface area (Å²) in [5.41, 5.74) is 6.07. The van der Waals surface area contributed by atoms with Gasteiger partial charge in [-0.3, -0.25) is 9.59 Å². The van der Waals surface area contributed by atoms with Crippen LogP contribution in [-0.4, -0.2) is 68.5 Å². The number of methoxy groups -OCH3 is 1. The average molecular weight is 666 g/mol. The number of amides is 3. The van der Waals surface area contributed by atoms with Gasteiger partial charge >= 0.3 is 6.09 Å². The van der Waals surface area contributed by atoms with Crippen molar-refractivity contribution in [3.8, 4) is 33.6 Å².